The van der Waals surface area contributed by atoms with E-state index in [2.05, 4.69) is 29.0 Å². The van der Waals surface area contributed by atoms with Crippen molar-refractivity contribution >= 4 is 28.4 Å². The molecule has 0 saturated carbocycles. The fourth-order valence-corrected chi connectivity index (χ4v) is 4.20. The molecule has 1 aliphatic rings. The highest BCUT2D eigenvalue weighted by Gasteiger charge is 2.25. The molecule has 0 spiro atoms. The molecule has 4 rings (SSSR count). The first-order valence-electron chi connectivity index (χ1n) is 11.0. The number of benzene rings is 2. The first-order chi connectivity index (χ1) is 15.0. The molecule has 1 fully saturated rings. The topological polar surface area (TPSA) is 68.4 Å². The largest absolute Gasteiger partial charge is 0.361 e. The van der Waals surface area contributed by atoms with Crippen LogP contribution in [0.4, 0.5) is 5.69 Å². The van der Waals surface area contributed by atoms with E-state index < -0.39 is 0 Å². The van der Waals surface area contributed by atoms with Crippen LogP contribution in [0.2, 0.25) is 0 Å². The van der Waals surface area contributed by atoms with Crippen molar-refractivity contribution < 1.29 is 9.59 Å². The van der Waals surface area contributed by atoms with Crippen molar-refractivity contribution in [3.63, 3.8) is 0 Å². The fourth-order valence-electron chi connectivity index (χ4n) is 4.20. The van der Waals surface area contributed by atoms with Crippen LogP contribution in [0.1, 0.15) is 37.0 Å². The van der Waals surface area contributed by atoms with E-state index in [4.69, 9.17) is 0 Å². The van der Waals surface area contributed by atoms with Gasteiger partial charge in [0, 0.05) is 48.1 Å². The molecule has 0 radical (unpaired) electrons. The first kappa shape index (κ1) is 21.1. The SMILES string of the molecule is CC(C)N1CCC(NC(=O)CN(C(=O)c2ccc3cc[nH]c3c2)c2ccccc2)CC1. The van der Waals surface area contributed by atoms with Crippen LogP contribution in [-0.2, 0) is 4.79 Å². The van der Waals surface area contributed by atoms with Gasteiger partial charge in [0.15, 0.2) is 0 Å². The predicted molar refractivity (Wildman–Crippen MR) is 124 cm³/mol. The van der Waals surface area contributed by atoms with Gasteiger partial charge in [-0.25, -0.2) is 0 Å². The Labute approximate surface area is 183 Å². The highest BCUT2D eigenvalue weighted by atomic mass is 16.2. The average molecular weight is 419 g/mol. The molecule has 31 heavy (non-hydrogen) atoms. The van der Waals surface area contributed by atoms with Crippen LogP contribution in [0, 0.1) is 0 Å². The van der Waals surface area contributed by atoms with Gasteiger partial charge in [-0.15, -0.1) is 0 Å². The van der Waals surface area contributed by atoms with E-state index in [1.165, 1.54) is 0 Å². The van der Waals surface area contributed by atoms with Crippen LogP contribution in [0.3, 0.4) is 0 Å². The van der Waals surface area contributed by atoms with E-state index in [1.807, 2.05) is 60.8 Å². The van der Waals surface area contributed by atoms with Crippen LogP contribution >= 0.6 is 0 Å². The van der Waals surface area contributed by atoms with E-state index in [1.54, 1.807) is 4.90 Å². The van der Waals surface area contributed by atoms with Crippen molar-refractivity contribution in [2.75, 3.05) is 24.5 Å². The van der Waals surface area contributed by atoms with Crippen LogP contribution < -0.4 is 10.2 Å². The summed E-state index contributed by atoms with van der Waals surface area (Å²) >= 11 is 0. The van der Waals surface area contributed by atoms with Gasteiger partial charge in [-0.3, -0.25) is 14.5 Å². The highest BCUT2D eigenvalue weighted by Crippen LogP contribution is 2.20. The van der Waals surface area contributed by atoms with Crippen molar-refractivity contribution in [1.29, 1.82) is 0 Å². The Kier molecular flexibility index (Phi) is 6.37. The first-order valence-corrected chi connectivity index (χ1v) is 11.0. The number of likely N-dealkylation sites (tertiary alicyclic amines) is 1. The predicted octanol–water partition coefficient (Wildman–Crippen LogP) is 3.80. The molecular weight excluding hydrogens is 388 g/mol. The van der Waals surface area contributed by atoms with Gasteiger partial charge in [-0.2, -0.15) is 0 Å². The fraction of sp³-hybridized carbons (Fsp3) is 0.360. The lowest BCUT2D eigenvalue weighted by atomic mass is 10.0. The quantitative estimate of drug-likeness (QED) is 0.640. The number of aromatic amines is 1. The lowest BCUT2D eigenvalue weighted by Gasteiger charge is -2.35. The Morgan fingerprint density at radius 3 is 2.55 bits per heavy atom. The van der Waals surface area contributed by atoms with E-state index in [9.17, 15) is 9.59 Å². The van der Waals surface area contributed by atoms with Gasteiger partial charge >= 0.3 is 0 Å². The van der Waals surface area contributed by atoms with Crippen molar-refractivity contribution in [3.05, 3.63) is 66.4 Å². The molecule has 1 aromatic heterocycles. The second-order valence-electron chi connectivity index (χ2n) is 8.48. The Balaban J connectivity index is 1.48. The normalized spacial score (nSPS) is 15.3. The zero-order valence-corrected chi connectivity index (χ0v) is 18.2. The number of carbonyl (C=O) groups excluding carboxylic acids is 2. The number of nitrogens with one attached hydrogen (secondary N) is 2. The van der Waals surface area contributed by atoms with Gasteiger partial charge in [0.1, 0.15) is 6.54 Å². The van der Waals surface area contributed by atoms with E-state index in [0.717, 1.165) is 36.8 Å². The number of para-hydroxylation sites is 1. The molecule has 0 aliphatic carbocycles. The van der Waals surface area contributed by atoms with Gasteiger partial charge in [-0.05, 0) is 62.4 Å². The smallest absolute Gasteiger partial charge is 0.258 e. The van der Waals surface area contributed by atoms with Crippen LogP contribution in [0.15, 0.2) is 60.8 Å². The summed E-state index contributed by atoms with van der Waals surface area (Å²) in [7, 11) is 0. The van der Waals surface area contributed by atoms with Gasteiger partial charge in [0.25, 0.3) is 5.91 Å². The molecule has 0 unspecified atom stereocenters. The van der Waals surface area contributed by atoms with E-state index >= 15 is 0 Å². The second-order valence-corrected chi connectivity index (χ2v) is 8.48. The molecule has 2 N–H and O–H groups in total. The molecule has 3 aromatic rings. The third-order valence-electron chi connectivity index (χ3n) is 6.04. The molecule has 6 nitrogen and oxygen atoms in total. The molecule has 2 amide bonds. The van der Waals surface area contributed by atoms with E-state index in [-0.39, 0.29) is 24.4 Å². The molecule has 162 valence electrons. The number of H-pyrrole nitrogens is 1. The Bertz CT molecular complexity index is 1040. The van der Waals surface area contributed by atoms with Gasteiger partial charge in [0.05, 0.1) is 0 Å². The zero-order chi connectivity index (χ0) is 21.8. The number of carbonyl (C=O) groups is 2. The van der Waals surface area contributed by atoms with Gasteiger partial charge in [0.2, 0.25) is 5.91 Å². The van der Waals surface area contributed by atoms with Crippen molar-refractivity contribution in [2.45, 2.75) is 38.8 Å². The third-order valence-corrected chi connectivity index (χ3v) is 6.04. The molecule has 2 aromatic carbocycles. The summed E-state index contributed by atoms with van der Waals surface area (Å²) < 4.78 is 0. The standard InChI is InChI=1S/C25H30N4O2/c1-18(2)28-14-11-21(12-15-28)27-24(30)17-29(22-6-4-3-5-7-22)25(31)20-9-8-19-10-13-26-23(19)16-20/h3-10,13,16,18,21,26H,11-12,14-15,17H2,1-2H3,(H,27,30). The number of nitrogens with zero attached hydrogens (tertiary/aromatic N) is 2. The summed E-state index contributed by atoms with van der Waals surface area (Å²) in [6.07, 6.45) is 3.73. The van der Waals surface area contributed by atoms with E-state index in [0.29, 0.717) is 17.3 Å². The molecule has 1 aliphatic heterocycles. The van der Waals surface area contributed by atoms with Crippen molar-refractivity contribution in [1.82, 2.24) is 15.2 Å². The Morgan fingerprint density at radius 2 is 1.84 bits per heavy atom. The van der Waals surface area contributed by atoms with Crippen molar-refractivity contribution in [3.8, 4) is 0 Å². The van der Waals surface area contributed by atoms with Gasteiger partial charge in [-0.1, -0.05) is 24.3 Å². The number of aromatic nitrogens is 1. The summed E-state index contributed by atoms with van der Waals surface area (Å²) in [5.41, 5.74) is 2.17. The lowest BCUT2D eigenvalue weighted by molar-refractivity contribution is -0.120. The minimum atomic E-state index is -0.188. The maximum Gasteiger partial charge on any atom is 0.258 e. The number of hydrogen-bond donors (Lipinski definition) is 2. The summed E-state index contributed by atoms with van der Waals surface area (Å²) in [4.78, 5) is 33.4. The molecule has 2 heterocycles. The highest BCUT2D eigenvalue weighted by molar-refractivity contribution is 6.10. The second kappa shape index (κ2) is 9.35. The van der Waals surface area contributed by atoms with Crippen LogP contribution in [0.25, 0.3) is 10.9 Å². The number of fused-ring (bicyclic) bond motifs is 1. The van der Waals surface area contributed by atoms with Crippen LogP contribution in [0.5, 0.6) is 0 Å². The molecule has 6 heteroatoms. The Morgan fingerprint density at radius 1 is 1.10 bits per heavy atom. The lowest BCUT2D eigenvalue weighted by Crippen LogP contribution is -2.49. The van der Waals surface area contributed by atoms with Crippen molar-refractivity contribution in [2.24, 2.45) is 0 Å². The number of anilines is 1. The minimum absolute atomic E-state index is 0.00396. The summed E-state index contributed by atoms with van der Waals surface area (Å²) in [5.74, 6) is -0.311. The third kappa shape index (κ3) is 4.97. The monoisotopic (exact) mass is 418 g/mol. The maximum atomic E-state index is 13.4. The number of piperidine rings is 1. The summed E-state index contributed by atoms with van der Waals surface area (Å²) in [5, 5.41) is 4.19. The molecule has 0 atom stereocenters. The number of amides is 2. The molecular formula is C25H30N4O2. The maximum absolute atomic E-state index is 13.4. The minimum Gasteiger partial charge on any atom is -0.361 e. The average Bonchev–Trinajstić information content (AvgIpc) is 3.26. The zero-order valence-electron chi connectivity index (χ0n) is 18.2. The summed E-state index contributed by atoms with van der Waals surface area (Å²) in [6, 6.07) is 17.6. The number of rotatable bonds is 6. The molecule has 1 saturated heterocycles. The number of hydrogen-bond acceptors (Lipinski definition) is 3. The summed E-state index contributed by atoms with van der Waals surface area (Å²) in [6.45, 7) is 6.37. The Hall–Kier alpha value is -3.12. The van der Waals surface area contributed by atoms with Gasteiger partial charge < -0.3 is 15.2 Å². The molecule has 0 bridgehead atoms. The van der Waals surface area contributed by atoms with Crippen LogP contribution in [-0.4, -0.2) is 53.4 Å².